The molecule has 0 amide bonds. The van der Waals surface area contributed by atoms with Gasteiger partial charge in [0.05, 0.1) is 11.0 Å². The minimum Gasteiger partial charge on any atom is -0.382 e. The van der Waals surface area contributed by atoms with Gasteiger partial charge in [-0.05, 0) is 6.07 Å². The van der Waals surface area contributed by atoms with Gasteiger partial charge in [-0.25, -0.2) is 0 Å². The number of aromatic nitrogens is 1. The van der Waals surface area contributed by atoms with Crippen molar-refractivity contribution in [3.8, 4) is 5.75 Å². The molecule has 0 atom stereocenters. The van der Waals surface area contributed by atoms with E-state index < -0.39 is 20.8 Å². The molecular formula is C10H8N2O6S. The van der Waals surface area contributed by atoms with Gasteiger partial charge in [-0.15, -0.1) is 0 Å². The molecule has 0 saturated heterocycles. The molecule has 0 aliphatic heterocycles. The quantitative estimate of drug-likeness (QED) is 0.464. The monoisotopic (exact) mass is 284 g/mol. The van der Waals surface area contributed by atoms with E-state index in [9.17, 15) is 18.5 Å². The molecule has 1 aromatic heterocycles. The molecule has 100 valence electrons. The highest BCUT2D eigenvalue weighted by atomic mass is 32.2. The predicted octanol–water partition coefficient (Wildman–Crippen LogP) is 1.49. The van der Waals surface area contributed by atoms with Gasteiger partial charge in [-0.2, -0.15) is 8.42 Å². The highest BCUT2D eigenvalue weighted by Gasteiger charge is 2.17. The van der Waals surface area contributed by atoms with E-state index in [1.54, 1.807) is 0 Å². The summed E-state index contributed by atoms with van der Waals surface area (Å²) in [5.41, 5.74) is -0.0698. The third-order valence-corrected chi connectivity index (χ3v) is 3.16. The topological polar surface area (TPSA) is 113 Å². The van der Waals surface area contributed by atoms with Gasteiger partial charge in [0.15, 0.2) is 0 Å². The van der Waals surface area contributed by atoms with Gasteiger partial charge in [0.1, 0.15) is 23.5 Å². The Hall–Kier alpha value is -2.42. The standard InChI is InChI=1S/C10H8N2O6S/c13-12(14)9-2-1-3-10(6-9)18-19(15,16)7-8-4-5-17-11-8/h1-6H,7H2. The van der Waals surface area contributed by atoms with E-state index in [4.69, 9.17) is 4.18 Å². The SMILES string of the molecule is O=[N+]([O-])c1cccc(OS(=O)(=O)Cc2ccon2)c1. The van der Waals surface area contributed by atoms with Crippen LogP contribution in [0.15, 0.2) is 41.1 Å². The number of nitrogens with zero attached hydrogens (tertiary/aromatic N) is 2. The number of non-ortho nitro benzene ring substituents is 1. The zero-order valence-electron chi connectivity index (χ0n) is 9.42. The molecule has 0 fully saturated rings. The molecule has 0 aliphatic rings. The van der Waals surface area contributed by atoms with Gasteiger partial charge in [-0.1, -0.05) is 11.2 Å². The second-order valence-corrected chi connectivity index (χ2v) is 5.10. The molecule has 0 unspecified atom stereocenters. The van der Waals surface area contributed by atoms with Crippen molar-refractivity contribution in [2.24, 2.45) is 0 Å². The van der Waals surface area contributed by atoms with Crippen LogP contribution in [0.25, 0.3) is 0 Å². The van der Waals surface area contributed by atoms with E-state index in [2.05, 4.69) is 9.68 Å². The van der Waals surface area contributed by atoms with Gasteiger partial charge < -0.3 is 8.71 Å². The Labute approximate surface area is 107 Å². The molecule has 1 aromatic carbocycles. The van der Waals surface area contributed by atoms with Crippen LogP contribution >= 0.6 is 0 Å². The first-order valence-corrected chi connectivity index (χ1v) is 6.60. The minimum absolute atomic E-state index is 0.127. The van der Waals surface area contributed by atoms with Gasteiger partial charge >= 0.3 is 10.1 Å². The second kappa shape index (κ2) is 5.06. The lowest BCUT2D eigenvalue weighted by Gasteiger charge is -2.04. The largest absolute Gasteiger partial charge is 0.382 e. The molecular weight excluding hydrogens is 276 g/mol. The van der Waals surface area contributed by atoms with Crippen LogP contribution in [0.4, 0.5) is 5.69 Å². The van der Waals surface area contributed by atoms with E-state index in [0.717, 1.165) is 6.07 Å². The van der Waals surface area contributed by atoms with Crippen LogP contribution in [0.1, 0.15) is 5.69 Å². The van der Waals surface area contributed by atoms with E-state index in [-0.39, 0.29) is 17.1 Å². The maximum Gasteiger partial charge on any atom is 0.315 e. The van der Waals surface area contributed by atoms with Crippen LogP contribution in [0.3, 0.4) is 0 Å². The average molecular weight is 284 g/mol. The molecule has 19 heavy (non-hydrogen) atoms. The first-order valence-electron chi connectivity index (χ1n) is 5.02. The maximum absolute atomic E-state index is 11.7. The zero-order chi connectivity index (χ0) is 13.9. The minimum atomic E-state index is -3.95. The molecule has 8 nitrogen and oxygen atoms in total. The summed E-state index contributed by atoms with van der Waals surface area (Å²) in [5, 5.41) is 14.0. The number of hydrogen-bond donors (Lipinski definition) is 0. The van der Waals surface area contributed by atoms with Gasteiger partial charge in [0.25, 0.3) is 5.69 Å². The highest BCUT2D eigenvalue weighted by molar-refractivity contribution is 7.86. The number of nitro groups is 1. The normalized spacial score (nSPS) is 11.2. The lowest BCUT2D eigenvalue weighted by Crippen LogP contribution is -2.12. The molecule has 9 heteroatoms. The predicted molar refractivity (Wildman–Crippen MR) is 62.9 cm³/mol. The number of rotatable bonds is 5. The molecule has 0 bridgehead atoms. The fourth-order valence-corrected chi connectivity index (χ4v) is 2.29. The third-order valence-electron chi connectivity index (χ3n) is 2.07. The van der Waals surface area contributed by atoms with Crippen LogP contribution in [0.5, 0.6) is 5.75 Å². The summed E-state index contributed by atoms with van der Waals surface area (Å²) in [7, 11) is -3.95. The van der Waals surface area contributed by atoms with E-state index in [1.165, 1.54) is 30.5 Å². The summed E-state index contributed by atoms with van der Waals surface area (Å²) in [4.78, 5) is 9.91. The Bertz CT molecular complexity index is 680. The molecule has 0 radical (unpaired) electrons. The van der Waals surface area contributed by atoms with Gasteiger partial charge in [0, 0.05) is 12.1 Å². The molecule has 0 N–H and O–H groups in total. The summed E-state index contributed by atoms with van der Waals surface area (Å²) < 4.78 is 32.6. The fraction of sp³-hybridized carbons (Fsp3) is 0.100. The Balaban J connectivity index is 2.16. The van der Waals surface area contributed by atoms with E-state index in [0.29, 0.717) is 0 Å². The van der Waals surface area contributed by atoms with Gasteiger partial charge in [-0.3, -0.25) is 10.1 Å². The number of nitro benzene ring substituents is 1. The third kappa shape index (κ3) is 3.52. The maximum atomic E-state index is 11.7. The summed E-state index contributed by atoms with van der Waals surface area (Å²) in [6.45, 7) is 0. The van der Waals surface area contributed by atoms with E-state index in [1.807, 2.05) is 0 Å². The van der Waals surface area contributed by atoms with Crippen molar-refractivity contribution in [3.05, 3.63) is 52.4 Å². The Morgan fingerprint density at radius 2 is 2.16 bits per heavy atom. The summed E-state index contributed by atoms with van der Waals surface area (Å²) >= 11 is 0. The summed E-state index contributed by atoms with van der Waals surface area (Å²) in [5.74, 6) is -0.607. The van der Waals surface area contributed by atoms with E-state index >= 15 is 0 Å². The molecule has 0 saturated carbocycles. The molecule has 0 spiro atoms. The van der Waals surface area contributed by atoms with Crippen LogP contribution in [0, 0.1) is 10.1 Å². The lowest BCUT2D eigenvalue weighted by atomic mass is 10.3. The number of benzene rings is 1. The first kappa shape index (κ1) is 13.0. The van der Waals surface area contributed by atoms with Crippen molar-refractivity contribution in [2.75, 3.05) is 0 Å². The van der Waals surface area contributed by atoms with Crippen molar-refractivity contribution in [2.45, 2.75) is 5.75 Å². The second-order valence-electron chi connectivity index (χ2n) is 3.53. The van der Waals surface area contributed by atoms with Crippen molar-refractivity contribution in [1.29, 1.82) is 0 Å². The van der Waals surface area contributed by atoms with Crippen molar-refractivity contribution < 1.29 is 22.0 Å². The van der Waals surface area contributed by atoms with Gasteiger partial charge in [0.2, 0.25) is 0 Å². The van der Waals surface area contributed by atoms with Crippen LogP contribution in [-0.2, 0) is 15.9 Å². The molecule has 1 heterocycles. The summed E-state index contributed by atoms with van der Waals surface area (Å²) in [6, 6.07) is 6.29. The van der Waals surface area contributed by atoms with Crippen molar-refractivity contribution in [1.82, 2.24) is 5.16 Å². The van der Waals surface area contributed by atoms with Crippen molar-refractivity contribution >= 4 is 15.8 Å². The molecule has 2 rings (SSSR count). The Morgan fingerprint density at radius 3 is 2.79 bits per heavy atom. The highest BCUT2D eigenvalue weighted by Crippen LogP contribution is 2.21. The summed E-state index contributed by atoms with van der Waals surface area (Å²) in [6.07, 6.45) is 1.23. The Kier molecular flexibility index (Phi) is 3.47. The molecule has 2 aromatic rings. The van der Waals surface area contributed by atoms with Crippen LogP contribution in [0.2, 0.25) is 0 Å². The fourth-order valence-electron chi connectivity index (χ4n) is 1.32. The van der Waals surface area contributed by atoms with Crippen LogP contribution in [-0.4, -0.2) is 18.5 Å². The first-order chi connectivity index (χ1) is 8.96. The number of hydrogen-bond acceptors (Lipinski definition) is 7. The van der Waals surface area contributed by atoms with Crippen LogP contribution < -0.4 is 4.18 Å². The molecule has 0 aliphatic carbocycles. The zero-order valence-corrected chi connectivity index (χ0v) is 10.2. The average Bonchev–Trinajstić information content (AvgIpc) is 2.80. The van der Waals surface area contributed by atoms with Crippen molar-refractivity contribution in [3.63, 3.8) is 0 Å². The lowest BCUT2D eigenvalue weighted by molar-refractivity contribution is -0.384. The smallest absolute Gasteiger partial charge is 0.315 e. The Morgan fingerprint density at radius 1 is 1.37 bits per heavy atom.